The lowest BCUT2D eigenvalue weighted by molar-refractivity contribution is -0.141. The fraction of sp³-hybridized carbons (Fsp3) is 0.462. The Morgan fingerprint density at radius 1 is 1.45 bits per heavy atom. The molecule has 2 rings (SSSR count). The van der Waals surface area contributed by atoms with Crippen LogP contribution in [0.2, 0.25) is 0 Å². The number of rotatable bonds is 3. The topological polar surface area (TPSA) is 55.6 Å². The molecule has 7 heteroatoms. The summed E-state index contributed by atoms with van der Waals surface area (Å²) in [7, 11) is 1.59. The monoisotopic (exact) mass is 288 g/mol. The highest BCUT2D eigenvalue weighted by Crippen LogP contribution is 2.37. The molecule has 1 aliphatic rings. The second kappa shape index (κ2) is 5.32. The van der Waals surface area contributed by atoms with Crippen molar-refractivity contribution in [3.63, 3.8) is 0 Å². The molecule has 1 unspecified atom stereocenters. The molecule has 1 heterocycles. The van der Waals surface area contributed by atoms with Gasteiger partial charge in [-0.05, 0) is 17.7 Å². The van der Waals surface area contributed by atoms with Crippen LogP contribution in [0.1, 0.15) is 17.5 Å². The summed E-state index contributed by atoms with van der Waals surface area (Å²) in [4.78, 5) is 13.1. The third-order valence-corrected chi connectivity index (χ3v) is 3.23. The molecule has 110 valence electrons. The van der Waals surface area contributed by atoms with Gasteiger partial charge >= 0.3 is 6.18 Å². The maximum Gasteiger partial charge on any atom is 0.419 e. The van der Waals surface area contributed by atoms with E-state index in [0.717, 1.165) is 6.07 Å². The van der Waals surface area contributed by atoms with Gasteiger partial charge in [0.25, 0.3) is 5.91 Å². The zero-order chi connectivity index (χ0) is 14.9. The van der Waals surface area contributed by atoms with Crippen molar-refractivity contribution in [2.45, 2.75) is 25.2 Å². The highest BCUT2D eigenvalue weighted by molar-refractivity contribution is 5.83. The number of benzene rings is 1. The molecule has 1 saturated heterocycles. The molecular weight excluding hydrogens is 273 g/mol. The van der Waals surface area contributed by atoms with Gasteiger partial charge in [-0.15, -0.1) is 0 Å². The number of likely N-dealkylation sites (tertiary alicyclic amines) is 1. The fourth-order valence-corrected chi connectivity index (χ4v) is 2.08. The van der Waals surface area contributed by atoms with E-state index in [0.29, 0.717) is 18.5 Å². The third kappa shape index (κ3) is 2.87. The van der Waals surface area contributed by atoms with Crippen LogP contribution < -0.4 is 10.5 Å². The number of halogens is 3. The van der Waals surface area contributed by atoms with Gasteiger partial charge in [-0.1, -0.05) is 6.07 Å². The van der Waals surface area contributed by atoms with Gasteiger partial charge in [0, 0.05) is 26.6 Å². The smallest absolute Gasteiger partial charge is 0.419 e. The van der Waals surface area contributed by atoms with Crippen LogP contribution in [-0.2, 0) is 17.5 Å². The molecule has 1 atom stereocenters. The maximum absolute atomic E-state index is 13.0. The molecule has 0 radical (unpaired) electrons. The largest absolute Gasteiger partial charge is 0.480 e. The van der Waals surface area contributed by atoms with Crippen molar-refractivity contribution in [1.82, 2.24) is 4.90 Å². The number of hydrogen-bond donors (Lipinski definition) is 1. The Balaban J connectivity index is 2.29. The molecule has 0 aromatic heterocycles. The highest BCUT2D eigenvalue weighted by Gasteiger charge is 2.37. The summed E-state index contributed by atoms with van der Waals surface area (Å²) in [5, 5.41) is 0. The van der Waals surface area contributed by atoms with Gasteiger partial charge in [0.2, 0.25) is 0 Å². The van der Waals surface area contributed by atoms with E-state index in [4.69, 9.17) is 10.5 Å². The van der Waals surface area contributed by atoms with E-state index in [1.54, 1.807) is 7.05 Å². The van der Waals surface area contributed by atoms with Crippen LogP contribution in [0.5, 0.6) is 5.75 Å². The summed E-state index contributed by atoms with van der Waals surface area (Å²) in [5.41, 5.74) is 4.81. The van der Waals surface area contributed by atoms with Crippen LogP contribution in [0.25, 0.3) is 0 Å². The van der Waals surface area contributed by atoms with Crippen molar-refractivity contribution in [2.24, 2.45) is 5.73 Å². The first kappa shape index (κ1) is 14.6. The molecular formula is C13H15F3N2O2. The normalized spacial score (nSPS) is 19.6. The first-order valence-electron chi connectivity index (χ1n) is 6.14. The molecule has 20 heavy (non-hydrogen) atoms. The lowest BCUT2D eigenvalue weighted by Crippen LogP contribution is -2.30. The van der Waals surface area contributed by atoms with Gasteiger partial charge in [0.15, 0.2) is 6.10 Å². The highest BCUT2D eigenvalue weighted by atomic mass is 19.4. The summed E-state index contributed by atoms with van der Waals surface area (Å²) < 4.78 is 44.3. The van der Waals surface area contributed by atoms with Crippen LogP contribution in [-0.4, -0.2) is 30.5 Å². The minimum Gasteiger partial charge on any atom is -0.480 e. The average molecular weight is 288 g/mol. The number of carbonyl (C=O) groups is 1. The summed E-state index contributed by atoms with van der Waals surface area (Å²) >= 11 is 0. The Labute approximate surface area is 114 Å². The van der Waals surface area contributed by atoms with Gasteiger partial charge in [-0.3, -0.25) is 4.79 Å². The molecule has 1 aliphatic heterocycles. The number of amides is 1. The third-order valence-electron chi connectivity index (χ3n) is 3.23. The van der Waals surface area contributed by atoms with E-state index in [9.17, 15) is 18.0 Å². The van der Waals surface area contributed by atoms with Gasteiger partial charge in [0.05, 0.1) is 5.56 Å². The van der Waals surface area contributed by atoms with Crippen molar-refractivity contribution in [1.29, 1.82) is 0 Å². The number of nitrogens with zero attached hydrogens (tertiary/aromatic N) is 1. The lowest BCUT2D eigenvalue weighted by atomic mass is 10.1. The molecule has 4 nitrogen and oxygen atoms in total. The first-order valence-corrected chi connectivity index (χ1v) is 6.14. The van der Waals surface area contributed by atoms with Gasteiger partial charge in [-0.2, -0.15) is 13.2 Å². The molecule has 0 spiro atoms. The van der Waals surface area contributed by atoms with E-state index in [-0.39, 0.29) is 18.2 Å². The van der Waals surface area contributed by atoms with Crippen LogP contribution in [0.15, 0.2) is 18.2 Å². The lowest BCUT2D eigenvalue weighted by Gasteiger charge is -2.18. The van der Waals surface area contributed by atoms with Crippen molar-refractivity contribution < 1.29 is 22.7 Å². The predicted octanol–water partition coefficient (Wildman–Crippen LogP) is 1.77. The molecule has 0 aliphatic carbocycles. The van der Waals surface area contributed by atoms with Crippen molar-refractivity contribution in [2.75, 3.05) is 13.6 Å². The number of carbonyl (C=O) groups excluding carboxylic acids is 1. The number of likely N-dealkylation sites (N-methyl/N-ethyl adjacent to an activating group) is 1. The van der Waals surface area contributed by atoms with Crippen LogP contribution in [0.4, 0.5) is 13.2 Å². The molecule has 2 N–H and O–H groups in total. The summed E-state index contributed by atoms with van der Waals surface area (Å²) in [5.74, 6) is -0.635. The number of hydrogen-bond acceptors (Lipinski definition) is 3. The summed E-state index contributed by atoms with van der Waals surface area (Å²) in [6.07, 6.45) is -5.02. The van der Waals surface area contributed by atoms with E-state index in [2.05, 4.69) is 0 Å². The Bertz CT molecular complexity index is 517. The van der Waals surface area contributed by atoms with Crippen LogP contribution >= 0.6 is 0 Å². The Hall–Kier alpha value is -1.76. The van der Waals surface area contributed by atoms with Crippen LogP contribution in [0, 0.1) is 0 Å². The fourth-order valence-electron chi connectivity index (χ4n) is 2.08. The van der Waals surface area contributed by atoms with Crippen molar-refractivity contribution in [3.05, 3.63) is 29.3 Å². The van der Waals surface area contributed by atoms with E-state index >= 15 is 0 Å². The second-order valence-electron chi connectivity index (χ2n) is 4.69. The van der Waals surface area contributed by atoms with E-state index in [1.807, 2.05) is 0 Å². The molecule has 1 amide bonds. The number of ether oxygens (including phenoxy) is 1. The molecule has 1 aromatic carbocycles. The van der Waals surface area contributed by atoms with Crippen molar-refractivity contribution in [3.8, 4) is 5.75 Å². The van der Waals surface area contributed by atoms with Gasteiger partial charge < -0.3 is 15.4 Å². The molecule has 1 fully saturated rings. The van der Waals surface area contributed by atoms with Gasteiger partial charge in [0.1, 0.15) is 5.75 Å². The minimum atomic E-state index is -4.55. The maximum atomic E-state index is 13.0. The summed E-state index contributed by atoms with van der Waals surface area (Å²) in [6.45, 7) is 0.486. The quantitative estimate of drug-likeness (QED) is 0.922. The minimum absolute atomic E-state index is 0.00839. The predicted molar refractivity (Wildman–Crippen MR) is 66.0 cm³/mol. The zero-order valence-corrected chi connectivity index (χ0v) is 10.9. The summed E-state index contributed by atoms with van der Waals surface area (Å²) in [6, 6.07) is 3.64. The first-order chi connectivity index (χ1) is 9.32. The van der Waals surface area contributed by atoms with E-state index in [1.165, 1.54) is 17.0 Å². The molecule has 1 aromatic rings. The zero-order valence-electron chi connectivity index (χ0n) is 10.9. The SMILES string of the molecule is CN1CCC(Oc2ccc(CN)cc2C(F)(F)F)C1=O. The molecule has 0 bridgehead atoms. The Morgan fingerprint density at radius 2 is 2.15 bits per heavy atom. The Morgan fingerprint density at radius 3 is 2.65 bits per heavy atom. The van der Waals surface area contributed by atoms with E-state index < -0.39 is 17.8 Å². The number of alkyl halides is 3. The Kier molecular flexibility index (Phi) is 3.89. The second-order valence-corrected chi connectivity index (χ2v) is 4.69. The molecule has 0 saturated carbocycles. The standard InChI is InChI=1S/C13H15F3N2O2/c1-18-5-4-11(12(18)19)20-10-3-2-8(7-17)6-9(10)13(14,15)16/h2-3,6,11H,4-5,7,17H2,1H3. The average Bonchev–Trinajstić information content (AvgIpc) is 2.70. The van der Waals surface area contributed by atoms with Gasteiger partial charge in [-0.25, -0.2) is 0 Å². The van der Waals surface area contributed by atoms with Crippen LogP contribution in [0.3, 0.4) is 0 Å². The van der Waals surface area contributed by atoms with Crippen molar-refractivity contribution >= 4 is 5.91 Å². The number of nitrogens with two attached hydrogens (primary N) is 1.